The number of carbonyl (C=O) groups is 1. The summed E-state index contributed by atoms with van der Waals surface area (Å²) in [6.45, 7) is 1.80. The predicted molar refractivity (Wildman–Crippen MR) is 70.6 cm³/mol. The number of hydrogen-bond acceptors (Lipinski definition) is 6. The average molecular weight is 261 g/mol. The van der Waals surface area contributed by atoms with Crippen molar-refractivity contribution in [2.24, 2.45) is 0 Å². The fourth-order valence-corrected chi connectivity index (χ4v) is 2.23. The van der Waals surface area contributed by atoms with Crippen LogP contribution in [0.2, 0.25) is 0 Å². The van der Waals surface area contributed by atoms with Crippen molar-refractivity contribution < 1.29 is 4.79 Å². The number of carbonyl (C=O) groups excluding carboxylic acids is 1. The Morgan fingerprint density at radius 3 is 3.05 bits per heavy atom. The van der Waals surface area contributed by atoms with Crippen LogP contribution in [-0.2, 0) is 4.79 Å². The summed E-state index contributed by atoms with van der Waals surface area (Å²) in [4.78, 5) is 31.0. The lowest BCUT2D eigenvalue weighted by atomic mass is 10.3. The number of aromatic amines is 1. The van der Waals surface area contributed by atoms with Crippen LogP contribution in [0.3, 0.4) is 0 Å². The van der Waals surface area contributed by atoms with Crippen LogP contribution in [0.5, 0.6) is 0 Å². The molecule has 0 radical (unpaired) electrons. The number of nitrogens with two attached hydrogens (primary N) is 1. The Labute approximate surface area is 109 Å². The van der Waals surface area contributed by atoms with Crippen LogP contribution in [0, 0.1) is 0 Å². The van der Waals surface area contributed by atoms with Gasteiger partial charge in [-0.05, 0) is 6.42 Å². The van der Waals surface area contributed by atoms with E-state index in [9.17, 15) is 4.79 Å². The molecule has 3 rings (SSSR count). The van der Waals surface area contributed by atoms with Gasteiger partial charge in [-0.3, -0.25) is 4.79 Å². The van der Waals surface area contributed by atoms with E-state index in [0.717, 1.165) is 19.5 Å². The number of rotatable bonds is 1. The van der Waals surface area contributed by atoms with E-state index in [1.807, 2.05) is 11.9 Å². The normalized spacial score (nSPS) is 17.0. The SMILES string of the molecule is CN1CCCN(c2nc(N)nc3nc[nH]c23)CC1=O. The Kier molecular flexibility index (Phi) is 2.69. The zero-order chi connectivity index (χ0) is 13.4. The maximum absolute atomic E-state index is 11.9. The molecule has 8 nitrogen and oxygen atoms in total. The zero-order valence-electron chi connectivity index (χ0n) is 10.6. The summed E-state index contributed by atoms with van der Waals surface area (Å²) < 4.78 is 0. The molecule has 3 heterocycles. The molecule has 2 aromatic rings. The van der Waals surface area contributed by atoms with E-state index in [4.69, 9.17) is 5.73 Å². The number of nitrogen functional groups attached to an aromatic ring is 1. The van der Waals surface area contributed by atoms with Crippen molar-refractivity contribution in [1.29, 1.82) is 0 Å². The standard InChI is InChI=1S/C11H15N7O/c1-17-3-2-4-18(5-7(17)19)10-8-9(14-6-13-8)15-11(12)16-10/h6H,2-5H2,1H3,(H3,12,13,14,15,16). The quantitative estimate of drug-likeness (QED) is 0.724. The van der Waals surface area contributed by atoms with Gasteiger partial charge in [-0.15, -0.1) is 0 Å². The Hall–Kier alpha value is -2.38. The van der Waals surface area contributed by atoms with Gasteiger partial charge in [-0.25, -0.2) is 4.98 Å². The Morgan fingerprint density at radius 2 is 2.21 bits per heavy atom. The lowest BCUT2D eigenvalue weighted by molar-refractivity contribution is -0.127. The third-order valence-electron chi connectivity index (χ3n) is 3.26. The number of anilines is 2. The van der Waals surface area contributed by atoms with Gasteiger partial charge in [0.2, 0.25) is 11.9 Å². The van der Waals surface area contributed by atoms with Crippen molar-refractivity contribution in [2.45, 2.75) is 6.42 Å². The van der Waals surface area contributed by atoms with Gasteiger partial charge in [-0.1, -0.05) is 0 Å². The largest absolute Gasteiger partial charge is 0.368 e. The van der Waals surface area contributed by atoms with Crippen molar-refractivity contribution in [1.82, 2.24) is 24.8 Å². The minimum atomic E-state index is 0.0716. The number of H-pyrrole nitrogens is 1. The second-order valence-electron chi connectivity index (χ2n) is 4.60. The minimum absolute atomic E-state index is 0.0716. The second kappa shape index (κ2) is 4.38. The van der Waals surface area contributed by atoms with Crippen LogP contribution in [0.1, 0.15) is 6.42 Å². The Balaban J connectivity index is 2.03. The van der Waals surface area contributed by atoms with Gasteiger partial charge in [0.1, 0.15) is 5.52 Å². The molecular weight excluding hydrogens is 246 g/mol. The van der Waals surface area contributed by atoms with Crippen molar-refractivity contribution in [3.63, 3.8) is 0 Å². The molecule has 1 saturated heterocycles. The van der Waals surface area contributed by atoms with Gasteiger partial charge >= 0.3 is 0 Å². The van der Waals surface area contributed by atoms with E-state index >= 15 is 0 Å². The molecule has 1 aliphatic rings. The third-order valence-corrected chi connectivity index (χ3v) is 3.26. The number of nitrogens with zero attached hydrogens (tertiary/aromatic N) is 5. The molecule has 8 heteroatoms. The molecule has 0 bridgehead atoms. The van der Waals surface area contributed by atoms with Crippen LogP contribution < -0.4 is 10.6 Å². The van der Waals surface area contributed by atoms with E-state index in [1.165, 1.54) is 0 Å². The summed E-state index contributed by atoms with van der Waals surface area (Å²) in [7, 11) is 1.81. The molecule has 1 amide bonds. The van der Waals surface area contributed by atoms with Crippen LogP contribution in [0.4, 0.5) is 11.8 Å². The number of imidazole rings is 1. The molecule has 0 aliphatic carbocycles. The molecule has 100 valence electrons. The number of hydrogen-bond donors (Lipinski definition) is 2. The van der Waals surface area contributed by atoms with Gasteiger partial charge in [0.25, 0.3) is 0 Å². The molecular formula is C11H15N7O. The summed E-state index contributed by atoms with van der Waals surface area (Å²) in [5.41, 5.74) is 6.93. The summed E-state index contributed by atoms with van der Waals surface area (Å²) in [5.74, 6) is 0.880. The van der Waals surface area contributed by atoms with E-state index in [2.05, 4.69) is 19.9 Å². The number of nitrogens with one attached hydrogen (secondary N) is 1. The number of aromatic nitrogens is 4. The van der Waals surface area contributed by atoms with Gasteiger partial charge in [-0.2, -0.15) is 9.97 Å². The fourth-order valence-electron chi connectivity index (χ4n) is 2.23. The molecule has 1 fully saturated rings. The monoisotopic (exact) mass is 261 g/mol. The van der Waals surface area contributed by atoms with Crippen LogP contribution in [0.15, 0.2) is 6.33 Å². The lowest BCUT2D eigenvalue weighted by Gasteiger charge is -2.21. The summed E-state index contributed by atoms with van der Waals surface area (Å²) in [5, 5.41) is 0. The highest BCUT2D eigenvalue weighted by atomic mass is 16.2. The van der Waals surface area contributed by atoms with E-state index < -0.39 is 0 Å². The first kappa shape index (κ1) is 11.7. The van der Waals surface area contributed by atoms with Gasteiger partial charge in [0.05, 0.1) is 12.9 Å². The van der Waals surface area contributed by atoms with Crippen LogP contribution in [-0.4, -0.2) is 57.4 Å². The van der Waals surface area contributed by atoms with Crippen molar-refractivity contribution in [2.75, 3.05) is 37.3 Å². The molecule has 0 unspecified atom stereocenters. The molecule has 0 spiro atoms. The van der Waals surface area contributed by atoms with Crippen LogP contribution >= 0.6 is 0 Å². The third kappa shape index (κ3) is 2.05. The first-order valence-electron chi connectivity index (χ1n) is 6.10. The molecule has 0 aromatic carbocycles. The first-order chi connectivity index (χ1) is 9.15. The summed E-state index contributed by atoms with van der Waals surface area (Å²) in [6, 6.07) is 0. The van der Waals surface area contributed by atoms with Crippen LogP contribution in [0.25, 0.3) is 11.2 Å². The van der Waals surface area contributed by atoms with Gasteiger partial charge < -0.3 is 20.5 Å². The molecule has 0 saturated carbocycles. The van der Waals surface area contributed by atoms with Crippen molar-refractivity contribution in [3.05, 3.63) is 6.33 Å². The number of amides is 1. The Bertz CT molecular complexity index is 623. The topological polar surface area (TPSA) is 104 Å². The molecule has 1 aliphatic heterocycles. The summed E-state index contributed by atoms with van der Waals surface area (Å²) in [6.07, 6.45) is 2.44. The van der Waals surface area contributed by atoms with E-state index in [1.54, 1.807) is 11.2 Å². The minimum Gasteiger partial charge on any atom is -0.368 e. The van der Waals surface area contributed by atoms with Gasteiger partial charge in [0, 0.05) is 20.1 Å². The van der Waals surface area contributed by atoms with E-state index in [-0.39, 0.29) is 11.9 Å². The highest BCUT2D eigenvalue weighted by Crippen LogP contribution is 2.22. The molecule has 0 atom stereocenters. The highest BCUT2D eigenvalue weighted by Gasteiger charge is 2.22. The second-order valence-corrected chi connectivity index (χ2v) is 4.60. The highest BCUT2D eigenvalue weighted by molar-refractivity contribution is 5.88. The zero-order valence-corrected chi connectivity index (χ0v) is 10.6. The fraction of sp³-hybridized carbons (Fsp3) is 0.455. The lowest BCUT2D eigenvalue weighted by Crippen LogP contribution is -2.35. The number of fused-ring (bicyclic) bond motifs is 1. The smallest absolute Gasteiger partial charge is 0.241 e. The maximum Gasteiger partial charge on any atom is 0.241 e. The molecule has 2 aromatic heterocycles. The van der Waals surface area contributed by atoms with Crippen molar-refractivity contribution >= 4 is 28.8 Å². The number of likely N-dealkylation sites (N-methyl/N-ethyl adjacent to an activating group) is 1. The maximum atomic E-state index is 11.9. The Morgan fingerprint density at radius 1 is 1.37 bits per heavy atom. The van der Waals surface area contributed by atoms with Crippen molar-refractivity contribution in [3.8, 4) is 0 Å². The predicted octanol–water partition coefficient (Wildman–Crippen LogP) is -0.396. The van der Waals surface area contributed by atoms with Gasteiger partial charge in [0.15, 0.2) is 11.5 Å². The first-order valence-corrected chi connectivity index (χ1v) is 6.10. The van der Waals surface area contributed by atoms with E-state index in [0.29, 0.717) is 23.5 Å². The average Bonchev–Trinajstić information content (AvgIpc) is 2.77. The summed E-state index contributed by atoms with van der Waals surface area (Å²) >= 11 is 0. The molecule has 19 heavy (non-hydrogen) atoms. The molecule has 3 N–H and O–H groups in total.